The summed E-state index contributed by atoms with van der Waals surface area (Å²) in [7, 11) is -9.88. The predicted octanol–water partition coefficient (Wildman–Crippen LogP) is 17.1. The lowest BCUT2D eigenvalue weighted by Crippen LogP contribution is -2.30. The number of phosphoric acid groups is 2. The Kier molecular flexibility index (Phi) is 53.2. The molecule has 0 aliphatic rings. The van der Waals surface area contributed by atoms with Crippen molar-refractivity contribution in [1.29, 1.82) is 0 Å². The van der Waals surface area contributed by atoms with Crippen molar-refractivity contribution in [3.63, 3.8) is 0 Å². The average molecular weight is 1210 g/mol. The Balaban J connectivity index is 5.22. The lowest BCUT2D eigenvalue weighted by Gasteiger charge is -2.21. The van der Waals surface area contributed by atoms with E-state index in [4.69, 9.17) is 37.0 Å². The number of carbonyl (C=O) groups excluding carboxylic acids is 4. The van der Waals surface area contributed by atoms with E-state index in [0.29, 0.717) is 31.6 Å². The Bertz CT molecular complexity index is 1630. The number of esters is 4. The van der Waals surface area contributed by atoms with E-state index < -0.39 is 97.5 Å². The maximum atomic E-state index is 13.0. The minimum atomic E-state index is -4.94. The Labute approximate surface area is 498 Å². The van der Waals surface area contributed by atoms with E-state index in [0.717, 1.165) is 115 Å². The van der Waals surface area contributed by atoms with E-state index in [1.807, 2.05) is 0 Å². The molecule has 0 aromatic heterocycles. The van der Waals surface area contributed by atoms with Gasteiger partial charge in [0, 0.05) is 25.7 Å². The molecule has 0 saturated heterocycles. The van der Waals surface area contributed by atoms with Gasteiger partial charge in [-0.1, -0.05) is 254 Å². The number of carbonyl (C=O) groups is 4. The molecule has 486 valence electrons. The molecule has 3 unspecified atom stereocenters. The maximum Gasteiger partial charge on any atom is 0.472 e. The standard InChI is InChI=1S/C63H122O17P2/c1-8-10-11-12-20-30-37-44-60(65)73-50-59(80-63(68)47-40-33-26-25-28-35-42-55(5)6)53-78-82(71,72)76-49-57(64)48-75-81(69,70)77-52-58(51-74-61(66)45-38-31-23-19-15-16-21-27-34-41-54(3)4)79-62(67)46-39-32-24-18-14-13-17-22-29-36-43-56(7)9-2/h54-59,64H,8-53H2,1-7H3,(H,69,70)(H,71,72)/t56?,57-,58-,59-/m1/s1. The lowest BCUT2D eigenvalue weighted by atomic mass is 9.99. The Hall–Kier alpha value is -1.94. The largest absolute Gasteiger partial charge is 0.472 e. The van der Waals surface area contributed by atoms with Gasteiger partial charge in [-0.2, -0.15) is 0 Å². The molecule has 0 aromatic carbocycles. The normalized spacial score (nSPS) is 14.7. The summed E-state index contributed by atoms with van der Waals surface area (Å²) in [6, 6.07) is 0. The fourth-order valence-electron chi connectivity index (χ4n) is 9.27. The first-order valence-electron chi connectivity index (χ1n) is 32.9. The molecule has 0 rings (SSSR count). The molecule has 0 aromatic rings. The molecule has 19 heteroatoms. The summed E-state index contributed by atoms with van der Waals surface area (Å²) in [4.78, 5) is 72.0. The van der Waals surface area contributed by atoms with Gasteiger partial charge in [0.25, 0.3) is 0 Å². The fraction of sp³-hybridized carbons (Fsp3) is 0.937. The summed E-state index contributed by atoms with van der Waals surface area (Å²) in [5.41, 5.74) is 0. The van der Waals surface area contributed by atoms with Crippen LogP contribution >= 0.6 is 15.6 Å². The monoisotopic (exact) mass is 1210 g/mol. The van der Waals surface area contributed by atoms with E-state index in [1.54, 1.807) is 0 Å². The van der Waals surface area contributed by atoms with Crippen LogP contribution in [0.25, 0.3) is 0 Å². The van der Waals surface area contributed by atoms with Crippen molar-refractivity contribution in [2.24, 2.45) is 17.8 Å². The number of rotatable bonds is 61. The van der Waals surface area contributed by atoms with Crippen molar-refractivity contribution in [3.8, 4) is 0 Å². The Morgan fingerprint density at radius 2 is 0.622 bits per heavy atom. The van der Waals surface area contributed by atoms with Crippen LogP contribution in [0.5, 0.6) is 0 Å². The van der Waals surface area contributed by atoms with E-state index in [2.05, 4.69) is 48.5 Å². The van der Waals surface area contributed by atoms with Crippen molar-refractivity contribution in [2.75, 3.05) is 39.6 Å². The molecule has 6 atom stereocenters. The van der Waals surface area contributed by atoms with Crippen LogP contribution < -0.4 is 0 Å². The third-order valence-electron chi connectivity index (χ3n) is 14.7. The molecule has 0 fully saturated rings. The van der Waals surface area contributed by atoms with Crippen LogP contribution in [-0.4, -0.2) is 96.7 Å². The van der Waals surface area contributed by atoms with Gasteiger partial charge in [0.15, 0.2) is 12.2 Å². The molecular formula is C63H122O17P2. The number of hydrogen-bond acceptors (Lipinski definition) is 15. The van der Waals surface area contributed by atoms with Gasteiger partial charge in [0.1, 0.15) is 19.3 Å². The number of hydrogen-bond donors (Lipinski definition) is 3. The van der Waals surface area contributed by atoms with Crippen LogP contribution in [0.2, 0.25) is 0 Å². The maximum absolute atomic E-state index is 13.0. The summed E-state index contributed by atoms with van der Waals surface area (Å²) in [5.74, 6) is 0.0714. The number of ether oxygens (including phenoxy) is 4. The van der Waals surface area contributed by atoms with E-state index in [1.165, 1.54) is 103 Å². The zero-order valence-corrected chi connectivity index (χ0v) is 54.7. The van der Waals surface area contributed by atoms with E-state index in [-0.39, 0.29) is 25.7 Å². The van der Waals surface area contributed by atoms with Crippen molar-refractivity contribution < 1.29 is 80.2 Å². The highest BCUT2D eigenvalue weighted by Crippen LogP contribution is 2.45. The smallest absolute Gasteiger partial charge is 0.462 e. The average Bonchev–Trinajstić information content (AvgIpc) is 3.44. The number of unbranched alkanes of at least 4 members (excludes halogenated alkanes) is 28. The molecule has 0 radical (unpaired) electrons. The van der Waals surface area contributed by atoms with Gasteiger partial charge >= 0.3 is 39.5 Å². The van der Waals surface area contributed by atoms with Gasteiger partial charge < -0.3 is 33.8 Å². The van der Waals surface area contributed by atoms with E-state index in [9.17, 15) is 43.2 Å². The second-order valence-corrected chi connectivity index (χ2v) is 26.9. The third kappa shape index (κ3) is 55.9. The first-order valence-corrected chi connectivity index (χ1v) is 35.9. The first kappa shape index (κ1) is 80.1. The van der Waals surface area contributed by atoms with Gasteiger partial charge in [-0.3, -0.25) is 37.3 Å². The van der Waals surface area contributed by atoms with Crippen molar-refractivity contribution in [3.05, 3.63) is 0 Å². The van der Waals surface area contributed by atoms with Crippen molar-refractivity contribution in [2.45, 2.75) is 324 Å². The molecule has 17 nitrogen and oxygen atoms in total. The van der Waals surface area contributed by atoms with E-state index >= 15 is 0 Å². The molecule has 0 bridgehead atoms. The van der Waals surface area contributed by atoms with Gasteiger partial charge in [-0.15, -0.1) is 0 Å². The summed E-state index contributed by atoms with van der Waals surface area (Å²) in [6.07, 6.45) is 35.0. The molecule has 0 amide bonds. The topological polar surface area (TPSA) is 237 Å². The number of phosphoric ester groups is 2. The van der Waals surface area contributed by atoms with Crippen LogP contribution in [0, 0.1) is 17.8 Å². The second-order valence-electron chi connectivity index (χ2n) is 24.0. The minimum absolute atomic E-state index is 0.101. The van der Waals surface area contributed by atoms with Crippen LogP contribution in [0.15, 0.2) is 0 Å². The summed E-state index contributed by atoms with van der Waals surface area (Å²) < 4.78 is 67.8. The lowest BCUT2D eigenvalue weighted by molar-refractivity contribution is -0.161. The molecule has 0 aliphatic heterocycles. The van der Waals surface area contributed by atoms with Gasteiger partial charge in [0.2, 0.25) is 0 Å². The van der Waals surface area contributed by atoms with Crippen LogP contribution in [-0.2, 0) is 65.4 Å². The SMILES string of the molecule is CCCCCCCCCC(=O)OC[C@H](COP(=O)(O)OC[C@H](O)COP(=O)(O)OC[C@@H](COC(=O)CCCCCCCCCCCC(C)C)OC(=O)CCCCCCCCCCCCC(C)CC)OC(=O)CCCCCCCCC(C)C. The van der Waals surface area contributed by atoms with Crippen molar-refractivity contribution >= 4 is 39.5 Å². The molecule has 82 heavy (non-hydrogen) atoms. The quantitative estimate of drug-likeness (QED) is 0.0222. The molecule has 0 aliphatic carbocycles. The predicted molar refractivity (Wildman–Crippen MR) is 326 cm³/mol. The van der Waals surface area contributed by atoms with Gasteiger partial charge in [0.05, 0.1) is 26.4 Å². The number of aliphatic hydroxyl groups excluding tert-OH is 1. The second kappa shape index (κ2) is 54.5. The van der Waals surface area contributed by atoms with Crippen LogP contribution in [0.1, 0.15) is 305 Å². The molecule has 0 heterocycles. The zero-order valence-electron chi connectivity index (χ0n) is 52.9. The highest BCUT2D eigenvalue weighted by Gasteiger charge is 2.30. The summed E-state index contributed by atoms with van der Waals surface area (Å²) in [5, 5.41) is 10.5. The van der Waals surface area contributed by atoms with Crippen LogP contribution in [0.4, 0.5) is 0 Å². The molecule has 0 saturated carbocycles. The van der Waals surface area contributed by atoms with Crippen LogP contribution in [0.3, 0.4) is 0 Å². The zero-order chi connectivity index (χ0) is 61.0. The third-order valence-corrected chi connectivity index (χ3v) is 16.6. The molecular weight excluding hydrogens is 1090 g/mol. The van der Waals surface area contributed by atoms with Gasteiger partial charge in [-0.05, 0) is 43.4 Å². The van der Waals surface area contributed by atoms with Crippen molar-refractivity contribution in [1.82, 2.24) is 0 Å². The molecule has 3 N–H and O–H groups in total. The Morgan fingerprint density at radius 3 is 0.927 bits per heavy atom. The highest BCUT2D eigenvalue weighted by atomic mass is 31.2. The molecule has 0 spiro atoms. The highest BCUT2D eigenvalue weighted by molar-refractivity contribution is 7.47. The summed E-state index contributed by atoms with van der Waals surface area (Å²) >= 11 is 0. The fourth-order valence-corrected chi connectivity index (χ4v) is 10.9. The first-order chi connectivity index (χ1) is 39.3. The number of aliphatic hydroxyl groups is 1. The Morgan fingerprint density at radius 1 is 0.354 bits per heavy atom. The summed E-state index contributed by atoms with van der Waals surface area (Å²) in [6.45, 7) is 11.7. The van der Waals surface area contributed by atoms with Gasteiger partial charge in [-0.25, -0.2) is 9.13 Å². The minimum Gasteiger partial charge on any atom is -0.462 e.